The van der Waals surface area contributed by atoms with Crippen LogP contribution in [0.15, 0.2) is 11.1 Å². The summed E-state index contributed by atoms with van der Waals surface area (Å²) >= 11 is 0. The first kappa shape index (κ1) is 13.8. The van der Waals surface area contributed by atoms with Crippen LogP contribution in [0, 0.1) is 16.7 Å². The van der Waals surface area contributed by atoms with Gasteiger partial charge >= 0.3 is 0 Å². The van der Waals surface area contributed by atoms with Gasteiger partial charge in [0.2, 0.25) is 0 Å². The number of hydrogen-bond donors (Lipinski definition) is 2. The zero-order valence-electron chi connectivity index (χ0n) is 11.8. The van der Waals surface area contributed by atoms with Crippen LogP contribution in [-0.2, 0) is 4.79 Å². The van der Waals surface area contributed by atoms with E-state index >= 15 is 0 Å². The fourth-order valence-electron chi connectivity index (χ4n) is 4.12. The van der Waals surface area contributed by atoms with E-state index in [0.29, 0.717) is 6.42 Å². The Labute approximate surface area is 109 Å². The minimum absolute atomic E-state index is 0.0449. The lowest BCUT2D eigenvalue weighted by atomic mass is 9.49. The molecular formula is C15H24O3. The molecule has 0 aromatic rings. The van der Waals surface area contributed by atoms with Crippen molar-refractivity contribution >= 4 is 5.78 Å². The van der Waals surface area contributed by atoms with E-state index in [2.05, 4.69) is 6.92 Å². The number of allylic oxidation sites excluding steroid dienone is 1. The van der Waals surface area contributed by atoms with Crippen molar-refractivity contribution in [2.24, 2.45) is 16.7 Å². The van der Waals surface area contributed by atoms with Gasteiger partial charge in [-0.3, -0.25) is 4.79 Å². The second-order valence-corrected chi connectivity index (χ2v) is 6.73. The lowest BCUT2D eigenvalue weighted by Gasteiger charge is -2.56. The summed E-state index contributed by atoms with van der Waals surface area (Å²) in [6.07, 6.45) is 1.73. The molecule has 0 saturated heterocycles. The Bertz CT molecular complexity index is 408. The van der Waals surface area contributed by atoms with Crippen molar-refractivity contribution in [3.63, 3.8) is 0 Å². The molecule has 1 saturated carbocycles. The van der Waals surface area contributed by atoms with Gasteiger partial charge in [0, 0.05) is 6.42 Å². The Morgan fingerprint density at radius 3 is 2.50 bits per heavy atom. The summed E-state index contributed by atoms with van der Waals surface area (Å²) in [5.41, 5.74) is 1.21. The average molecular weight is 252 g/mol. The van der Waals surface area contributed by atoms with Gasteiger partial charge in [0.25, 0.3) is 0 Å². The Morgan fingerprint density at radius 2 is 1.94 bits per heavy atom. The van der Waals surface area contributed by atoms with E-state index in [0.717, 1.165) is 24.0 Å². The van der Waals surface area contributed by atoms with Crippen LogP contribution in [0.3, 0.4) is 0 Å². The normalized spacial score (nSPS) is 39.8. The smallest absolute Gasteiger partial charge is 0.158 e. The predicted molar refractivity (Wildman–Crippen MR) is 70.0 cm³/mol. The molecule has 0 spiro atoms. The van der Waals surface area contributed by atoms with Crippen LogP contribution in [0.2, 0.25) is 0 Å². The van der Waals surface area contributed by atoms with Gasteiger partial charge in [0.1, 0.15) is 0 Å². The standard InChI is InChI=1S/C15H24O3/c1-9-10(8-16)15(4)6-5-13(18)14(2,3)12(15)7-11(9)17/h12-13,16,18H,5-8H2,1-4H3/t12-,13-,15+/m0/s1. The molecule has 0 amide bonds. The number of rotatable bonds is 1. The van der Waals surface area contributed by atoms with Gasteiger partial charge in [-0.1, -0.05) is 20.8 Å². The second kappa shape index (κ2) is 4.17. The number of Topliss-reactive ketones (excluding diaryl/α,β-unsaturated/α-hetero) is 1. The van der Waals surface area contributed by atoms with E-state index < -0.39 is 0 Å². The molecule has 102 valence electrons. The monoisotopic (exact) mass is 252 g/mol. The maximum Gasteiger partial charge on any atom is 0.158 e. The number of ketones is 1. The zero-order valence-corrected chi connectivity index (χ0v) is 11.8. The molecule has 2 aliphatic carbocycles. The highest BCUT2D eigenvalue weighted by molar-refractivity contribution is 5.97. The van der Waals surface area contributed by atoms with Crippen LogP contribution in [-0.4, -0.2) is 28.7 Å². The van der Waals surface area contributed by atoms with Crippen LogP contribution < -0.4 is 0 Å². The molecule has 0 unspecified atom stereocenters. The molecule has 2 rings (SSSR count). The van der Waals surface area contributed by atoms with Gasteiger partial charge in [-0.15, -0.1) is 0 Å². The van der Waals surface area contributed by atoms with Crippen molar-refractivity contribution < 1.29 is 15.0 Å². The first-order valence-electron chi connectivity index (χ1n) is 6.77. The number of carbonyl (C=O) groups excluding carboxylic acids is 1. The molecule has 0 aromatic heterocycles. The molecule has 1 fully saturated rings. The topological polar surface area (TPSA) is 57.5 Å². The van der Waals surface area contributed by atoms with Crippen LogP contribution in [0.4, 0.5) is 0 Å². The van der Waals surface area contributed by atoms with Gasteiger partial charge in [0.15, 0.2) is 5.78 Å². The molecule has 0 radical (unpaired) electrons. The van der Waals surface area contributed by atoms with Crippen molar-refractivity contribution in [3.8, 4) is 0 Å². The Kier molecular flexibility index (Phi) is 3.19. The second-order valence-electron chi connectivity index (χ2n) is 6.73. The number of aliphatic hydroxyl groups is 2. The van der Waals surface area contributed by atoms with Crippen molar-refractivity contribution in [2.45, 2.75) is 53.1 Å². The minimum atomic E-state index is -0.360. The molecular weight excluding hydrogens is 228 g/mol. The summed E-state index contributed by atoms with van der Waals surface area (Å²) in [4.78, 5) is 12.1. The highest BCUT2D eigenvalue weighted by Gasteiger charge is 2.55. The number of aliphatic hydroxyl groups excluding tert-OH is 2. The van der Waals surface area contributed by atoms with Gasteiger partial charge in [-0.2, -0.15) is 0 Å². The molecule has 3 nitrogen and oxygen atoms in total. The SMILES string of the molecule is CC1=C(CO)[C@@]2(C)CC[C@H](O)C(C)(C)[C@@H]2CC1=O. The number of hydrogen-bond acceptors (Lipinski definition) is 3. The van der Waals surface area contributed by atoms with Gasteiger partial charge in [-0.25, -0.2) is 0 Å². The van der Waals surface area contributed by atoms with Crippen molar-refractivity contribution in [3.05, 3.63) is 11.1 Å². The number of fused-ring (bicyclic) bond motifs is 1. The molecule has 2 N–H and O–H groups in total. The minimum Gasteiger partial charge on any atom is -0.393 e. The van der Waals surface area contributed by atoms with E-state index in [4.69, 9.17) is 0 Å². The average Bonchev–Trinajstić information content (AvgIpc) is 2.30. The van der Waals surface area contributed by atoms with Crippen LogP contribution in [0.5, 0.6) is 0 Å². The van der Waals surface area contributed by atoms with Gasteiger partial charge < -0.3 is 10.2 Å². The first-order chi connectivity index (χ1) is 8.25. The number of carbonyl (C=O) groups is 1. The summed E-state index contributed by atoms with van der Waals surface area (Å²) < 4.78 is 0. The zero-order chi connectivity index (χ0) is 13.7. The van der Waals surface area contributed by atoms with Crippen molar-refractivity contribution in [1.29, 1.82) is 0 Å². The van der Waals surface area contributed by atoms with Crippen molar-refractivity contribution in [2.75, 3.05) is 6.61 Å². The summed E-state index contributed by atoms with van der Waals surface area (Å²) in [5.74, 6) is 0.246. The molecule has 3 heteroatoms. The van der Waals surface area contributed by atoms with Crippen molar-refractivity contribution in [1.82, 2.24) is 0 Å². The van der Waals surface area contributed by atoms with E-state index in [1.54, 1.807) is 0 Å². The summed E-state index contributed by atoms with van der Waals surface area (Å²) in [6.45, 7) is 8.02. The maximum atomic E-state index is 12.1. The van der Waals surface area contributed by atoms with E-state index in [-0.39, 0.29) is 35.2 Å². The summed E-state index contributed by atoms with van der Waals surface area (Å²) in [7, 11) is 0. The molecule has 0 bridgehead atoms. The van der Waals surface area contributed by atoms with E-state index in [1.165, 1.54) is 0 Å². The quantitative estimate of drug-likeness (QED) is 0.751. The molecule has 0 heterocycles. The summed E-state index contributed by atoms with van der Waals surface area (Å²) in [5, 5.41) is 19.9. The van der Waals surface area contributed by atoms with Crippen LogP contribution in [0.25, 0.3) is 0 Å². The molecule has 3 atom stereocenters. The lowest BCUT2D eigenvalue weighted by molar-refractivity contribution is -0.129. The largest absolute Gasteiger partial charge is 0.393 e. The van der Waals surface area contributed by atoms with Crippen LogP contribution >= 0.6 is 0 Å². The van der Waals surface area contributed by atoms with Gasteiger partial charge in [-0.05, 0) is 47.7 Å². The highest BCUT2D eigenvalue weighted by atomic mass is 16.3. The predicted octanol–water partition coefficient (Wildman–Crippen LogP) is 2.07. The molecule has 2 aliphatic rings. The summed E-state index contributed by atoms with van der Waals surface area (Å²) in [6, 6.07) is 0. The molecule has 0 aliphatic heterocycles. The molecule has 0 aromatic carbocycles. The third kappa shape index (κ3) is 1.68. The van der Waals surface area contributed by atoms with Gasteiger partial charge in [0.05, 0.1) is 12.7 Å². The van der Waals surface area contributed by atoms with E-state index in [9.17, 15) is 15.0 Å². The third-order valence-electron chi connectivity index (χ3n) is 5.57. The first-order valence-corrected chi connectivity index (χ1v) is 6.77. The molecule has 18 heavy (non-hydrogen) atoms. The Morgan fingerprint density at radius 1 is 1.33 bits per heavy atom. The fraction of sp³-hybridized carbons (Fsp3) is 0.800. The highest BCUT2D eigenvalue weighted by Crippen LogP contribution is 2.58. The Balaban J connectivity index is 2.54. The third-order valence-corrected chi connectivity index (χ3v) is 5.57. The maximum absolute atomic E-state index is 12.1. The lowest BCUT2D eigenvalue weighted by Crippen LogP contribution is -2.53. The fourth-order valence-corrected chi connectivity index (χ4v) is 4.12. The Hall–Kier alpha value is -0.670. The van der Waals surface area contributed by atoms with E-state index in [1.807, 2.05) is 20.8 Å². The van der Waals surface area contributed by atoms with Crippen LogP contribution in [0.1, 0.15) is 47.0 Å².